The first-order valence-corrected chi connectivity index (χ1v) is 6.40. The van der Waals surface area contributed by atoms with Crippen LogP contribution >= 0.6 is 0 Å². The van der Waals surface area contributed by atoms with Crippen LogP contribution in [0.15, 0.2) is 28.4 Å². The second kappa shape index (κ2) is 8.50. The van der Waals surface area contributed by atoms with Crippen LogP contribution in [0.5, 0.6) is 0 Å². The summed E-state index contributed by atoms with van der Waals surface area (Å²) in [7, 11) is 0. The number of ether oxygens (including phenoxy) is 1. The predicted molar refractivity (Wildman–Crippen MR) is 77.2 cm³/mol. The lowest BCUT2D eigenvalue weighted by atomic mass is 10.1. The van der Waals surface area contributed by atoms with Crippen LogP contribution in [0.3, 0.4) is 0 Å². The van der Waals surface area contributed by atoms with E-state index in [9.17, 15) is 0 Å². The first-order chi connectivity index (χ1) is 9.15. The maximum absolute atomic E-state index is 6.89. The van der Waals surface area contributed by atoms with Crippen LogP contribution in [0, 0.1) is 18.3 Å². The molecule has 1 aromatic carbocycles. The molecule has 1 unspecified atom stereocenters. The Kier molecular flexibility index (Phi) is 6.92. The third-order valence-corrected chi connectivity index (χ3v) is 2.55. The van der Waals surface area contributed by atoms with Crippen molar-refractivity contribution < 1.29 is 4.74 Å². The van der Waals surface area contributed by atoms with Gasteiger partial charge in [0, 0.05) is 6.21 Å². The van der Waals surface area contributed by atoms with Crippen molar-refractivity contribution in [2.45, 2.75) is 20.5 Å². The molecule has 0 radical (unpaired) electrons. The van der Waals surface area contributed by atoms with E-state index >= 15 is 0 Å². The second-order valence-corrected chi connectivity index (χ2v) is 4.66. The number of nitrogens with zero attached hydrogens (tertiary/aromatic N) is 2. The molecule has 1 aromatic rings. The van der Waals surface area contributed by atoms with Gasteiger partial charge in [-0.2, -0.15) is 10.2 Å². The van der Waals surface area contributed by atoms with Gasteiger partial charge in [0.1, 0.15) is 0 Å². The fraction of sp³-hybridized carbons (Fsp3) is 0.500. The van der Waals surface area contributed by atoms with Gasteiger partial charge in [-0.15, -0.1) is 0 Å². The molecule has 1 rings (SSSR count). The monoisotopic (exact) mass is 262 g/mol. The minimum atomic E-state index is 0.313. The maximum atomic E-state index is 6.89. The summed E-state index contributed by atoms with van der Waals surface area (Å²) < 4.78 is 5.62. The zero-order valence-corrected chi connectivity index (χ0v) is 11.6. The minimum absolute atomic E-state index is 0.313. The van der Waals surface area contributed by atoms with Gasteiger partial charge in [-0.1, -0.05) is 13.0 Å². The summed E-state index contributed by atoms with van der Waals surface area (Å²) in [6, 6.07) is 5.98. The van der Waals surface area contributed by atoms with Crippen molar-refractivity contribution in [3.63, 3.8) is 0 Å². The van der Waals surface area contributed by atoms with Crippen molar-refractivity contribution in [1.82, 2.24) is 0 Å². The summed E-state index contributed by atoms with van der Waals surface area (Å²) >= 11 is 0. The minimum Gasteiger partial charge on any atom is -0.376 e. The molecule has 0 amide bonds. The van der Waals surface area contributed by atoms with Gasteiger partial charge in [-0.25, -0.2) is 0 Å². The Morgan fingerprint density at radius 3 is 2.89 bits per heavy atom. The molecular formula is C14H22N4O. The molecule has 104 valence electrons. The molecule has 0 fully saturated rings. The molecule has 5 nitrogen and oxygen atoms in total. The van der Waals surface area contributed by atoms with Gasteiger partial charge in [-0.3, -0.25) is 0 Å². The fourth-order valence-corrected chi connectivity index (χ4v) is 1.59. The Morgan fingerprint density at radius 1 is 1.42 bits per heavy atom. The zero-order valence-electron chi connectivity index (χ0n) is 11.6. The van der Waals surface area contributed by atoms with Crippen molar-refractivity contribution in [2.24, 2.45) is 21.9 Å². The number of hydrogen-bond donors (Lipinski definition) is 2. The quantitative estimate of drug-likeness (QED) is 0.557. The molecule has 0 bridgehead atoms. The van der Waals surface area contributed by atoms with E-state index in [2.05, 4.69) is 23.2 Å². The van der Waals surface area contributed by atoms with Crippen molar-refractivity contribution in [3.05, 3.63) is 29.3 Å². The van der Waals surface area contributed by atoms with Gasteiger partial charge in [0.15, 0.2) is 0 Å². The molecule has 0 aliphatic carbocycles. The van der Waals surface area contributed by atoms with Gasteiger partial charge >= 0.3 is 0 Å². The van der Waals surface area contributed by atoms with Gasteiger partial charge in [0.05, 0.1) is 25.4 Å². The van der Waals surface area contributed by atoms with Crippen molar-refractivity contribution in [1.29, 1.82) is 5.41 Å². The molecule has 3 N–H and O–H groups in total. The number of nitrogens with two attached hydrogens (primary N) is 1. The zero-order chi connectivity index (χ0) is 14.1. The average molecular weight is 262 g/mol. The first kappa shape index (κ1) is 15.5. The Morgan fingerprint density at radius 2 is 2.21 bits per heavy atom. The van der Waals surface area contributed by atoms with E-state index in [-0.39, 0.29) is 0 Å². The van der Waals surface area contributed by atoms with Gasteiger partial charge in [-0.05, 0) is 42.6 Å². The molecule has 5 heteroatoms. The maximum Gasteiger partial charge on any atom is 0.0948 e. The normalized spacial score (nSPS) is 12.8. The van der Waals surface area contributed by atoms with Gasteiger partial charge < -0.3 is 15.9 Å². The smallest absolute Gasteiger partial charge is 0.0948 e. The lowest BCUT2D eigenvalue weighted by Crippen LogP contribution is -2.16. The lowest BCUT2D eigenvalue weighted by Gasteiger charge is -2.10. The highest BCUT2D eigenvalue weighted by Crippen LogP contribution is 2.18. The number of nitrogens with one attached hydrogen (secondary N) is 1. The van der Waals surface area contributed by atoms with Crippen LogP contribution in [0.1, 0.15) is 18.1 Å². The van der Waals surface area contributed by atoms with E-state index in [1.54, 1.807) is 0 Å². The standard InChI is InChI=1S/C14H22N4O/c1-11-5-13(10-19-9-12(2)8-16)7-14(6-11)18-17-4-3-15/h3,5-7,12,15H,4,8-10,16H2,1-2H3. The molecule has 0 aliphatic heterocycles. The molecule has 0 aromatic heterocycles. The highest BCUT2D eigenvalue weighted by Gasteiger charge is 2.01. The number of aryl methyl sites for hydroxylation is 1. The van der Waals surface area contributed by atoms with Crippen molar-refractivity contribution in [3.8, 4) is 0 Å². The van der Waals surface area contributed by atoms with Gasteiger partial charge in [0.2, 0.25) is 0 Å². The van der Waals surface area contributed by atoms with Crippen molar-refractivity contribution >= 4 is 11.9 Å². The Hall–Kier alpha value is -1.59. The van der Waals surface area contributed by atoms with Crippen LogP contribution in [0.4, 0.5) is 5.69 Å². The van der Waals surface area contributed by atoms with Crippen molar-refractivity contribution in [2.75, 3.05) is 19.7 Å². The summed E-state index contributed by atoms with van der Waals surface area (Å²) in [6.07, 6.45) is 1.22. The number of azo groups is 1. The van der Waals surface area contributed by atoms with Crippen LogP contribution in [0.25, 0.3) is 0 Å². The summed E-state index contributed by atoms with van der Waals surface area (Å²) in [5, 5.41) is 14.9. The highest BCUT2D eigenvalue weighted by molar-refractivity contribution is 5.55. The highest BCUT2D eigenvalue weighted by atomic mass is 16.5. The van der Waals surface area contributed by atoms with E-state index in [4.69, 9.17) is 15.9 Å². The molecular weight excluding hydrogens is 240 g/mol. The molecule has 19 heavy (non-hydrogen) atoms. The molecule has 0 saturated heterocycles. The van der Waals surface area contributed by atoms with E-state index in [0.29, 0.717) is 32.2 Å². The van der Waals surface area contributed by atoms with E-state index in [0.717, 1.165) is 16.8 Å². The summed E-state index contributed by atoms with van der Waals surface area (Å²) in [6.45, 7) is 6.24. The molecule has 1 atom stereocenters. The second-order valence-electron chi connectivity index (χ2n) is 4.66. The third-order valence-electron chi connectivity index (χ3n) is 2.55. The molecule has 0 spiro atoms. The number of benzene rings is 1. The summed E-state index contributed by atoms with van der Waals surface area (Å²) in [5.41, 5.74) is 8.54. The van der Waals surface area contributed by atoms with Crippen LogP contribution in [-0.4, -0.2) is 25.9 Å². The van der Waals surface area contributed by atoms with E-state index in [1.165, 1.54) is 6.21 Å². The lowest BCUT2D eigenvalue weighted by molar-refractivity contribution is 0.0944. The van der Waals surface area contributed by atoms with Crippen LogP contribution < -0.4 is 5.73 Å². The van der Waals surface area contributed by atoms with Crippen LogP contribution in [-0.2, 0) is 11.3 Å². The average Bonchev–Trinajstić information content (AvgIpc) is 2.38. The van der Waals surface area contributed by atoms with Crippen LogP contribution in [0.2, 0.25) is 0 Å². The first-order valence-electron chi connectivity index (χ1n) is 6.40. The third kappa shape index (κ3) is 6.22. The number of rotatable bonds is 8. The Labute approximate surface area is 114 Å². The predicted octanol–water partition coefficient (Wildman–Crippen LogP) is 2.84. The van der Waals surface area contributed by atoms with Gasteiger partial charge in [0.25, 0.3) is 0 Å². The SMILES string of the molecule is Cc1cc(COCC(C)CN)cc(N=NCC=N)c1. The topological polar surface area (TPSA) is 83.8 Å². The Bertz CT molecular complexity index is 431. The molecule has 0 saturated carbocycles. The molecule has 0 aliphatic rings. The summed E-state index contributed by atoms with van der Waals surface area (Å²) in [4.78, 5) is 0. The Balaban J connectivity index is 2.60. The molecule has 0 heterocycles. The largest absolute Gasteiger partial charge is 0.376 e. The van der Waals surface area contributed by atoms with E-state index in [1.807, 2.05) is 19.1 Å². The summed E-state index contributed by atoms with van der Waals surface area (Å²) in [5.74, 6) is 0.372. The fourth-order valence-electron chi connectivity index (χ4n) is 1.59. The number of hydrogen-bond acceptors (Lipinski definition) is 5. The van der Waals surface area contributed by atoms with E-state index < -0.39 is 0 Å².